The Morgan fingerprint density at radius 2 is 1.47 bits per heavy atom. The number of carbonyl (C=O) groups is 1. The molecule has 0 atom stereocenters. The van der Waals surface area contributed by atoms with Crippen molar-refractivity contribution in [3.8, 4) is 0 Å². The lowest BCUT2D eigenvalue weighted by Crippen LogP contribution is -2.23. The molecule has 168 valence electrons. The maximum absolute atomic E-state index is 12.4. The Kier molecular flexibility index (Phi) is 9.68. The van der Waals surface area contributed by atoms with Gasteiger partial charge in [0.25, 0.3) is 0 Å². The number of nitrogens with zero attached hydrogens (tertiary/aromatic N) is 2. The summed E-state index contributed by atoms with van der Waals surface area (Å²) in [4.78, 5) is 21.1. The quantitative estimate of drug-likeness (QED) is 0.350. The Labute approximate surface area is 190 Å². The fourth-order valence-electron chi connectivity index (χ4n) is 3.44. The molecule has 0 fully saturated rings. The molecule has 32 heavy (non-hydrogen) atoms. The van der Waals surface area contributed by atoms with Gasteiger partial charge < -0.3 is 16.0 Å². The Hall–Kier alpha value is -3.25. The number of benzene rings is 2. The topological polar surface area (TPSA) is 78.9 Å². The summed E-state index contributed by atoms with van der Waals surface area (Å²) in [6, 6.07) is 20.9. The van der Waals surface area contributed by atoms with Crippen LogP contribution >= 0.6 is 0 Å². The van der Waals surface area contributed by atoms with Crippen LogP contribution in [0.5, 0.6) is 0 Å². The molecule has 0 aliphatic carbocycles. The molecule has 3 N–H and O–H groups in total. The van der Waals surface area contributed by atoms with Gasteiger partial charge in [0.05, 0.1) is 6.20 Å². The fourth-order valence-corrected chi connectivity index (χ4v) is 3.44. The van der Waals surface area contributed by atoms with Crippen LogP contribution in [0.3, 0.4) is 0 Å². The van der Waals surface area contributed by atoms with E-state index in [4.69, 9.17) is 0 Å². The Morgan fingerprint density at radius 3 is 2.12 bits per heavy atom. The predicted molar refractivity (Wildman–Crippen MR) is 131 cm³/mol. The van der Waals surface area contributed by atoms with E-state index in [1.54, 1.807) is 6.20 Å². The van der Waals surface area contributed by atoms with Gasteiger partial charge in [0, 0.05) is 19.5 Å². The number of nitrogens with one attached hydrogen (secondary N) is 3. The first-order chi connectivity index (χ1) is 15.7. The van der Waals surface area contributed by atoms with E-state index in [9.17, 15) is 4.79 Å². The molecule has 1 aromatic heterocycles. The Bertz CT molecular complexity index is 947. The van der Waals surface area contributed by atoms with Crippen molar-refractivity contribution in [3.05, 3.63) is 83.8 Å². The van der Waals surface area contributed by atoms with E-state index in [-0.39, 0.29) is 5.91 Å². The second kappa shape index (κ2) is 13.2. The largest absolute Gasteiger partial charge is 0.368 e. The molecule has 6 heteroatoms. The third-order valence-electron chi connectivity index (χ3n) is 5.15. The standard InChI is InChI=1S/C26H33N5O/c1-21-29-20-24(26(30-21)28-18-9-15-23-12-6-3-7-13-23)31-25(32)16-19-27-17-8-14-22-10-4-2-5-11-22/h2-7,10-13,20,27H,8-9,14-19H2,1H3,(H,31,32)(H,28,29,30). The molecular formula is C26H33N5O. The average molecular weight is 432 g/mol. The number of carbonyl (C=O) groups excluding carboxylic acids is 1. The van der Waals surface area contributed by atoms with Crippen LogP contribution in [-0.4, -0.2) is 35.5 Å². The van der Waals surface area contributed by atoms with Crippen molar-refractivity contribution in [1.29, 1.82) is 0 Å². The molecule has 0 spiro atoms. The lowest BCUT2D eigenvalue weighted by Gasteiger charge is -2.13. The van der Waals surface area contributed by atoms with Crippen molar-refractivity contribution in [2.45, 2.75) is 39.0 Å². The first-order valence-electron chi connectivity index (χ1n) is 11.4. The van der Waals surface area contributed by atoms with Gasteiger partial charge in [-0.2, -0.15) is 0 Å². The summed E-state index contributed by atoms with van der Waals surface area (Å²) in [6.07, 6.45) is 6.15. The van der Waals surface area contributed by atoms with Crippen LogP contribution in [-0.2, 0) is 17.6 Å². The molecule has 3 rings (SSSR count). The van der Waals surface area contributed by atoms with E-state index in [2.05, 4.69) is 74.4 Å². The van der Waals surface area contributed by atoms with Crippen LogP contribution in [0.4, 0.5) is 11.5 Å². The van der Waals surface area contributed by atoms with Crippen molar-refractivity contribution in [2.24, 2.45) is 0 Å². The fraction of sp³-hybridized carbons (Fsp3) is 0.346. The minimum Gasteiger partial charge on any atom is -0.368 e. The van der Waals surface area contributed by atoms with E-state index < -0.39 is 0 Å². The summed E-state index contributed by atoms with van der Waals surface area (Å²) in [5, 5.41) is 9.64. The Morgan fingerprint density at radius 1 is 0.844 bits per heavy atom. The summed E-state index contributed by atoms with van der Waals surface area (Å²) in [6.45, 7) is 4.16. The number of rotatable bonds is 13. The zero-order chi connectivity index (χ0) is 22.4. The van der Waals surface area contributed by atoms with E-state index >= 15 is 0 Å². The van der Waals surface area contributed by atoms with Gasteiger partial charge in [-0.25, -0.2) is 9.97 Å². The van der Waals surface area contributed by atoms with Crippen molar-refractivity contribution in [1.82, 2.24) is 15.3 Å². The third kappa shape index (κ3) is 8.47. The first-order valence-corrected chi connectivity index (χ1v) is 11.4. The molecular weight excluding hydrogens is 398 g/mol. The van der Waals surface area contributed by atoms with Crippen molar-refractivity contribution >= 4 is 17.4 Å². The maximum Gasteiger partial charge on any atom is 0.225 e. The van der Waals surface area contributed by atoms with Crippen molar-refractivity contribution in [3.63, 3.8) is 0 Å². The van der Waals surface area contributed by atoms with Gasteiger partial charge in [0.2, 0.25) is 5.91 Å². The normalized spacial score (nSPS) is 10.7. The number of anilines is 2. The highest BCUT2D eigenvalue weighted by Crippen LogP contribution is 2.18. The number of hydrogen-bond donors (Lipinski definition) is 3. The van der Waals surface area contributed by atoms with Crippen LogP contribution in [0.2, 0.25) is 0 Å². The summed E-state index contributed by atoms with van der Waals surface area (Å²) in [5.41, 5.74) is 3.29. The second-order valence-corrected chi connectivity index (χ2v) is 7.83. The smallest absolute Gasteiger partial charge is 0.225 e. The first kappa shape index (κ1) is 23.4. The second-order valence-electron chi connectivity index (χ2n) is 7.83. The number of aryl methyl sites for hydroxylation is 3. The molecule has 1 heterocycles. The lowest BCUT2D eigenvalue weighted by atomic mass is 10.1. The summed E-state index contributed by atoms with van der Waals surface area (Å²) in [5.74, 6) is 1.31. The molecule has 3 aromatic rings. The summed E-state index contributed by atoms with van der Waals surface area (Å²) < 4.78 is 0. The molecule has 0 radical (unpaired) electrons. The number of amides is 1. The van der Waals surface area contributed by atoms with Gasteiger partial charge in [-0.1, -0.05) is 60.7 Å². The maximum atomic E-state index is 12.4. The van der Waals surface area contributed by atoms with Gasteiger partial charge in [-0.15, -0.1) is 0 Å². The molecule has 0 aliphatic rings. The highest BCUT2D eigenvalue weighted by Gasteiger charge is 2.09. The predicted octanol–water partition coefficient (Wildman–Crippen LogP) is 4.38. The van der Waals surface area contributed by atoms with Gasteiger partial charge in [-0.05, 0) is 50.3 Å². The zero-order valence-corrected chi connectivity index (χ0v) is 18.8. The highest BCUT2D eigenvalue weighted by molar-refractivity contribution is 5.93. The minimum atomic E-state index is -0.0413. The summed E-state index contributed by atoms with van der Waals surface area (Å²) >= 11 is 0. The van der Waals surface area contributed by atoms with Crippen molar-refractivity contribution < 1.29 is 4.79 Å². The van der Waals surface area contributed by atoms with E-state index in [1.807, 2.05) is 19.1 Å². The number of aromatic nitrogens is 2. The molecule has 0 saturated carbocycles. The summed E-state index contributed by atoms with van der Waals surface area (Å²) in [7, 11) is 0. The average Bonchev–Trinajstić information content (AvgIpc) is 2.82. The molecule has 0 bridgehead atoms. The van der Waals surface area contributed by atoms with Gasteiger partial charge >= 0.3 is 0 Å². The van der Waals surface area contributed by atoms with Crippen LogP contribution in [0.1, 0.15) is 36.2 Å². The lowest BCUT2D eigenvalue weighted by molar-refractivity contribution is -0.116. The van der Waals surface area contributed by atoms with E-state index in [1.165, 1.54) is 11.1 Å². The molecule has 1 amide bonds. The van der Waals surface area contributed by atoms with Gasteiger partial charge in [0.1, 0.15) is 11.5 Å². The van der Waals surface area contributed by atoms with E-state index in [0.29, 0.717) is 30.3 Å². The SMILES string of the molecule is Cc1ncc(NC(=O)CCNCCCc2ccccc2)c(NCCCc2ccccc2)n1. The molecule has 2 aromatic carbocycles. The Balaban J connectivity index is 1.36. The number of hydrogen-bond acceptors (Lipinski definition) is 5. The van der Waals surface area contributed by atoms with Crippen molar-refractivity contribution in [2.75, 3.05) is 30.3 Å². The molecule has 0 aliphatic heterocycles. The minimum absolute atomic E-state index is 0.0413. The van der Waals surface area contributed by atoms with Crippen LogP contribution in [0.15, 0.2) is 66.9 Å². The molecule has 0 saturated heterocycles. The van der Waals surface area contributed by atoms with Crippen LogP contribution in [0.25, 0.3) is 0 Å². The van der Waals surface area contributed by atoms with E-state index in [0.717, 1.165) is 38.8 Å². The van der Waals surface area contributed by atoms with Crippen LogP contribution < -0.4 is 16.0 Å². The zero-order valence-electron chi connectivity index (χ0n) is 18.8. The van der Waals surface area contributed by atoms with Gasteiger partial charge in [0.15, 0.2) is 5.82 Å². The highest BCUT2D eigenvalue weighted by atomic mass is 16.1. The monoisotopic (exact) mass is 431 g/mol. The molecule has 6 nitrogen and oxygen atoms in total. The van der Waals surface area contributed by atoms with Gasteiger partial charge in [-0.3, -0.25) is 4.79 Å². The molecule has 0 unspecified atom stereocenters. The third-order valence-corrected chi connectivity index (χ3v) is 5.15. The van der Waals surface area contributed by atoms with Crippen LogP contribution in [0, 0.1) is 6.92 Å².